The third kappa shape index (κ3) is 5.21. The minimum atomic E-state index is -0.315. The molecule has 2 atom stereocenters. The minimum Gasteiger partial charge on any atom is -0.482 e. The summed E-state index contributed by atoms with van der Waals surface area (Å²) in [4.78, 5) is 9.24. The quantitative estimate of drug-likeness (QED) is 0.562. The van der Waals surface area contributed by atoms with Gasteiger partial charge in [0.2, 0.25) is 0 Å². The summed E-state index contributed by atoms with van der Waals surface area (Å²) >= 11 is 0. The van der Waals surface area contributed by atoms with Gasteiger partial charge in [0, 0.05) is 35.4 Å². The smallest absolute Gasteiger partial charge is 0.148 e. The molecule has 1 saturated heterocycles. The van der Waals surface area contributed by atoms with Crippen molar-refractivity contribution in [3.05, 3.63) is 65.4 Å². The van der Waals surface area contributed by atoms with Crippen LogP contribution in [-0.2, 0) is 0 Å². The molecule has 33 heavy (non-hydrogen) atoms. The number of nitrogens with one attached hydrogen (secondary N) is 1. The number of nitriles is 1. The van der Waals surface area contributed by atoms with Gasteiger partial charge in [0.1, 0.15) is 29.0 Å². The van der Waals surface area contributed by atoms with Crippen LogP contribution in [0.5, 0.6) is 5.75 Å². The van der Waals surface area contributed by atoms with Crippen LogP contribution in [-0.4, -0.2) is 39.9 Å². The monoisotopic (exact) mass is 443 g/mol. The Bertz CT molecular complexity index is 1190. The van der Waals surface area contributed by atoms with Crippen LogP contribution < -0.4 is 15.8 Å². The van der Waals surface area contributed by atoms with E-state index in [1.54, 1.807) is 16.9 Å². The largest absolute Gasteiger partial charge is 0.482 e. The first kappa shape index (κ1) is 22.5. The molecule has 8 heteroatoms. The fraction of sp³-hybridized carbons (Fsp3) is 0.360. The summed E-state index contributed by atoms with van der Waals surface area (Å²) in [7, 11) is 0. The number of nitrogens with zero attached hydrogens (tertiary/aromatic N) is 5. The van der Waals surface area contributed by atoms with Crippen LogP contribution in [0.4, 0.5) is 0 Å². The van der Waals surface area contributed by atoms with Gasteiger partial charge in [-0.2, -0.15) is 10.4 Å². The van der Waals surface area contributed by atoms with Crippen molar-refractivity contribution >= 4 is 17.3 Å². The zero-order valence-corrected chi connectivity index (χ0v) is 19.0. The van der Waals surface area contributed by atoms with Crippen LogP contribution in [0.3, 0.4) is 0 Å². The van der Waals surface area contributed by atoms with E-state index in [0.29, 0.717) is 22.5 Å². The third-order valence-electron chi connectivity index (χ3n) is 5.80. The molecule has 170 valence electrons. The van der Waals surface area contributed by atoms with Gasteiger partial charge in [0.25, 0.3) is 0 Å². The molecule has 0 aliphatic carbocycles. The van der Waals surface area contributed by atoms with E-state index in [-0.39, 0.29) is 12.1 Å². The van der Waals surface area contributed by atoms with Gasteiger partial charge >= 0.3 is 0 Å². The highest BCUT2D eigenvalue weighted by Gasteiger charge is 2.18. The second kappa shape index (κ2) is 10.3. The van der Waals surface area contributed by atoms with E-state index >= 15 is 0 Å². The number of aromatic nitrogens is 3. The molecule has 3 N–H and O–H groups in total. The summed E-state index contributed by atoms with van der Waals surface area (Å²) in [5, 5.41) is 17.4. The molecule has 0 aromatic carbocycles. The van der Waals surface area contributed by atoms with Crippen molar-refractivity contribution in [2.75, 3.05) is 13.1 Å². The standard InChI is InChI=1S/C25H29N7O/c1-17(27)22(15-30-21-6-5-9-28-11-8-21)19-12-24(25-20(13-26)14-31-32(25)16-19)33-18(2)23-7-3-4-10-29-23/h3-4,7,10,12,14-16,18,21,28H,5-6,8-9,11,27H2,1-2H3/b22-17+,30-15?/t18-,21?/m1/s1. The Hall–Kier alpha value is -3.70. The Morgan fingerprint density at radius 3 is 3.03 bits per heavy atom. The average molecular weight is 444 g/mol. The van der Waals surface area contributed by atoms with Gasteiger partial charge in [-0.1, -0.05) is 6.07 Å². The maximum Gasteiger partial charge on any atom is 0.148 e. The molecule has 0 radical (unpaired) electrons. The topological polar surface area (TPSA) is 114 Å². The van der Waals surface area contributed by atoms with Crippen LogP contribution in [0.25, 0.3) is 11.1 Å². The normalized spacial score (nSPS) is 18.5. The molecule has 4 rings (SSSR count). The van der Waals surface area contributed by atoms with E-state index in [0.717, 1.165) is 49.2 Å². The lowest BCUT2D eigenvalue weighted by atomic mass is 10.1. The molecule has 0 saturated carbocycles. The van der Waals surface area contributed by atoms with Crippen LogP contribution in [0, 0.1) is 11.3 Å². The van der Waals surface area contributed by atoms with Crippen molar-refractivity contribution in [2.24, 2.45) is 10.7 Å². The number of hydrogen-bond donors (Lipinski definition) is 2. The molecule has 0 amide bonds. The fourth-order valence-corrected chi connectivity index (χ4v) is 4.00. The van der Waals surface area contributed by atoms with Gasteiger partial charge < -0.3 is 15.8 Å². The molecular formula is C25H29N7O. The minimum absolute atomic E-state index is 0.271. The Morgan fingerprint density at radius 1 is 1.39 bits per heavy atom. The first-order valence-electron chi connectivity index (χ1n) is 11.3. The molecule has 3 aromatic rings. The number of allylic oxidation sites excluding steroid dienone is 2. The fourth-order valence-electron chi connectivity index (χ4n) is 4.00. The predicted molar refractivity (Wildman–Crippen MR) is 129 cm³/mol. The SMILES string of the molecule is C/C(N)=C(/C=NC1CCCNCC1)c1cc(O[C@H](C)c2ccccn2)c2c(C#N)cnn2c1. The lowest BCUT2D eigenvalue weighted by molar-refractivity contribution is 0.224. The zero-order chi connectivity index (χ0) is 23.2. The number of fused-ring (bicyclic) bond motifs is 1. The van der Waals surface area contributed by atoms with Crippen LogP contribution in [0.15, 0.2) is 53.5 Å². The van der Waals surface area contributed by atoms with E-state index in [9.17, 15) is 5.26 Å². The van der Waals surface area contributed by atoms with E-state index < -0.39 is 0 Å². The van der Waals surface area contributed by atoms with Crippen molar-refractivity contribution in [3.63, 3.8) is 0 Å². The Morgan fingerprint density at radius 2 is 2.27 bits per heavy atom. The van der Waals surface area contributed by atoms with Crippen molar-refractivity contribution in [1.82, 2.24) is 19.9 Å². The van der Waals surface area contributed by atoms with Gasteiger partial charge in [-0.05, 0) is 64.4 Å². The molecule has 0 bridgehead atoms. The summed E-state index contributed by atoms with van der Waals surface area (Å²) in [5.41, 5.74) is 10.4. The summed E-state index contributed by atoms with van der Waals surface area (Å²) < 4.78 is 7.97. The van der Waals surface area contributed by atoms with E-state index in [4.69, 9.17) is 15.5 Å². The van der Waals surface area contributed by atoms with Crippen molar-refractivity contribution in [2.45, 2.75) is 45.3 Å². The van der Waals surface area contributed by atoms with Crippen LogP contribution in [0.1, 0.15) is 56.0 Å². The summed E-state index contributed by atoms with van der Waals surface area (Å²) in [6, 6.07) is 10.1. The molecule has 1 aliphatic heterocycles. The number of pyridine rings is 2. The van der Waals surface area contributed by atoms with Gasteiger partial charge in [-0.15, -0.1) is 0 Å². The van der Waals surface area contributed by atoms with Crippen LogP contribution in [0.2, 0.25) is 0 Å². The van der Waals surface area contributed by atoms with Crippen molar-refractivity contribution in [1.29, 1.82) is 5.26 Å². The van der Waals surface area contributed by atoms with E-state index in [1.165, 1.54) is 0 Å². The lowest BCUT2D eigenvalue weighted by Crippen LogP contribution is -2.14. The molecule has 8 nitrogen and oxygen atoms in total. The van der Waals surface area contributed by atoms with Gasteiger partial charge in [0.15, 0.2) is 0 Å². The molecule has 1 aliphatic rings. The highest BCUT2D eigenvalue weighted by molar-refractivity contribution is 6.11. The highest BCUT2D eigenvalue weighted by atomic mass is 16.5. The van der Waals surface area contributed by atoms with E-state index in [1.807, 2.05) is 50.5 Å². The molecule has 0 spiro atoms. The Labute approximate surface area is 193 Å². The second-order valence-corrected chi connectivity index (χ2v) is 8.28. The summed E-state index contributed by atoms with van der Waals surface area (Å²) in [6.07, 6.45) is 9.87. The molecule has 1 unspecified atom stereocenters. The average Bonchev–Trinajstić information content (AvgIpc) is 3.06. The number of nitrogens with two attached hydrogens (primary N) is 1. The first-order chi connectivity index (χ1) is 16.1. The van der Waals surface area contributed by atoms with Gasteiger partial charge in [-0.25, -0.2) is 4.52 Å². The number of ether oxygens (including phenoxy) is 1. The van der Waals surface area contributed by atoms with Gasteiger partial charge in [-0.3, -0.25) is 9.98 Å². The summed E-state index contributed by atoms with van der Waals surface area (Å²) in [6.45, 7) is 5.81. The van der Waals surface area contributed by atoms with Gasteiger partial charge in [0.05, 0.1) is 17.9 Å². The Balaban J connectivity index is 1.72. The molecular weight excluding hydrogens is 414 g/mol. The first-order valence-corrected chi connectivity index (χ1v) is 11.3. The second-order valence-electron chi connectivity index (χ2n) is 8.28. The molecule has 4 heterocycles. The number of rotatable bonds is 6. The predicted octanol–water partition coefficient (Wildman–Crippen LogP) is 3.64. The van der Waals surface area contributed by atoms with Crippen molar-refractivity contribution in [3.8, 4) is 11.8 Å². The molecule has 1 fully saturated rings. The maximum absolute atomic E-state index is 9.59. The number of hydrogen-bond acceptors (Lipinski definition) is 7. The van der Waals surface area contributed by atoms with Crippen LogP contribution >= 0.6 is 0 Å². The zero-order valence-electron chi connectivity index (χ0n) is 19.0. The van der Waals surface area contributed by atoms with Crippen molar-refractivity contribution < 1.29 is 4.74 Å². The number of aliphatic imine (C=N–C) groups is 1. The highest BCUT2D eigenvalue weighted by Crippen LogP contribution is 2.31. The molecule has 3 aromatic heterocycles. The third-order valence-corrected chi connectivity index (χ3v) is 5.80. The van der Waals surface area contributed by atoms with E-state index in [2.05, 4.69) is 21.5 Å². The Kier molecular flexibility index (Phi) is 7.01. The lowest BCUT2D eigenvalue weighted by Gasteiger charge is -2.17. The summed E-state index contributed by atoms with van der Waals surface area (Å²) in [5.74, 6) is 0.547. The maximum atomic E-state index is 9.59.